The Morgan fingerprint density at radius 3 is 2.16 bits per heavy atom. The smallest absolute Gasteiger partial charge is 0.184 e. The normalized spacial score (nSPS) is 28.2. The van der Waals surface area contributed by atoms with Gasteiger partial charge >= 0.3 is 0 Å². The van der Waals surface area contributed by atoms with E-state index in [1.165, 1.54) is 5.57 Å². The minimum Gasteiger partial charge on any atom is -0.506 e. The van der Waals surface area contributed by atoms with Crippen LogP contribution in [0.4, 0.5) is 0 Å². The van der Waals surface area contributed by atoms with Crippen LogP contribution in [-0.4, -0.2) is 22.5 Å². The summed E-state index contributed by atoms with van der Waals surface area (Å²) < 4.78 is 0. The Labute approximate surface area is 191 Å². The van der Waals surface area contributed by atoms with Gasteiger partial charge in [-0.3, -0.25) is 14.4 Å². The summed E-state index contributed by atoms with van der Waals surface area (Å²) in [5, 5.41) is 11.0. The first-order chi connectivity index (χ1) is 14.9. The first-order valence-corrected chi connectivity index (χ1v) is 11.3. The van der Waals surface area contributed by atoms with Crippen LogP contribution in [0, 0.1) is 22.7 Å². The minimum absolute atomic E-state index is 0.000944. The molecular formula is C28H34O4. The monoisotopic (exact) mass is 434 g/mol. The molecule has 1 N–H and O–H groups in total. The van der Waals surface area contributed by atoms with Gasteiger partial charge in [-0.2, -0.15) is 0 Å². The molecule has 0 heterocycles. The summed E-state index contributed by atoms with van der Waals surface area (Å²) in [5.74, 6) is -2.62. The lowest BCUT2D eigenvalue weighted by molar-refractivity contribution is -0.162. The minimum atomic E-state index is -1.32. The number of benzene rings is 1. The average molecular weight is 435 g/mol. The van der Waals surface area contributed by atoms with Crippen molar-refractivity contribution in [1.82, 2.24) is 0 Å². The molecule has 2 bridgehead atoms. The third kappa shape index (κ3) is 3.92. The van der Waals surface area contributed by atoms with Crippen molar-refractivity contribution >= 4 is 23.1 Å². The van der Waals surface area contributed by atoms with Gasteiger partial charge in [-0.05, 0) is 58.3 Å². The van der Waals surface area contributed by atoms with E-state index < -0.39 is 28.3 Å². The number of carbonyl (C=O) groups excluding carboxylic acids is 3. The molecule has 2 fully saturated rings. The first-order valence-electron chi connectivity index (χ1n) is 11.3. The van der Waals surface area contributed by atoms with Crippen LogP contribution in [0.1, 0.15) is 66.4 Å². The molecule has 0 spiro atoms. The van der Waals surface area contributed by atoms with Crippen molar-refractivity contribution in [2.24, 2.45) is 22.7 Å². The molecule has 32 heavy (non-hydrogen) atoms. The van der Waals surface area contributed by atoms with E-state index in [2.05, 4.69) is 6.08 Å². The highest BCUT2D eigenvalue weighted by Gasteiger charge is 2.66. The number of fused-ring (bicyclic) bond motifs is 2. The van der Waals surface area contributed by atoms with Gasteiger partial charge in [0.15, 0.2) is 17.3 Å². The van der Waals surface area contributed by atoms with E-state index in [1.54, 1.807) is 30.3 Å². The van der Waals surface area contributed by atoms with Gasteiger partial charge in [0.25, 0.3) is 0 Å². The second-order valence-electron chi connectivity index (χ2n) is 10.4. The van der Waals surface area contributed by atoms with E-state index in [9.17, 15) is 19.5 Å². The highest BCUT2D eigenvalue weighted by atomic mass is 16.3. The van der Waals surface area contributed by atoms with Gasteiger partial charge < -0.3 is 5.11 Å². The number of aliphatic hydroxyl groups is 1. The van der Waals surface area contributed by atoms with Crippen LogP contribution in [0.2, 0.25) is 0 Å². The maximum atomic E-state index is 13.9. The van der Waals surface area contributed by atoms with Crippen LogP contribution in [0.5, 0.6) is 0 Å². The Kier molecular flexibility index (Phi) is 6.46. The Morgan fingerprint density at radius 2 is 1.59 bits per heavy atom. The molecule has 2 aliphatic carbocycles. The summed E-state index contributed by atoms with van der Waals surface area (Å²) >= 11 is 0. The Morgan fingerprint density at radius 1 is 1.00 bits per heavy atom. The molecule has 4 heteroatoms. The van der Waals surface area contributed by atoms with Crippen molar-refractivity contribution < 1.29 is 19.5 Å². The molecule has 2 aliphatic rings. The number of hydrogen-bond acceptors (Lipinski definition) is 4. The number of carbonyl (C=O) groups is 3. The van der Waals surface area contributed by atoms with Crippen molar-refractivity contribution in [1.29, 1.82) is 0 Å². The SMILES string of the molecule is CC(C)=CC[C@H]1C[C@@]2(CC=C(C)C)C(=O)/C(=C(/O)c3ccccc3)C(=O)[C@H](C2=O)C1(C)C. The van der Waals surface area contributed by atoms with Crippen molar-refractivity contribution in [3.8, 4) is 0 Å². The predicted octanol–water partition coefficient (Wildman–Crippen LogP) is 6.04. The summed E-state index contributed by atoms with van der Waals surface area (Å²) in [6.07, 6.45) is 5.38. The van der Waals surface area contributed by atoms with E-state index in [4.69, 9.17) is 0 Å². The second kappa shape index (κ2) is 8.65. The van der Waals surface area contributed by atoms with Crippen molar-refractivity contribution in [2.45, 2.75) is 60.8 Å². The summed E-state index contributed by atoms with van der Waals surface area (Å²) in [6, 6.07) is 8.63. The van der Waals surface area contributed by atoms with E-state index in [0.717, 1.165) is 5.57 Å². The van der Waals surface area contributed by atoms with Crippen LogP contribution in [0.3, 0.4) is 0 Å². The maximum absolute atomic E-state index is 13.9. The molecule has 0 aromatic heterocycles. The predicted molar refractivity (Wildman–Crippen MR) is 127 cm³/mol. The molecule has 1 aromatic carbocycles. The van der Waals surface area contributed by atoms with Crippen LogP contribution < -0.4 is 0 Å². The zero-order valence-corrected chi connectivity index (χ0v) is 20.0. The quantitative estimate of drug-likeness (QED) is 0.202. The highest BCUT2D eigenvalue weighted by molar-refractivity contribution is 6.39. The van der Waals surface area contributed by atoms with Crippen molar-refractivity contribution in [2.75, 3.05) is 0 Å². The van der Waals surface area contributed by atoms with E-state index in [-0.39, 0.29) is 29.5 Å². The van der Waals surface area contributed by atoms with Crippen molar-refractivity contribution in [3.05, 3.63) is 64.8 Å². The zero-order chi connectivity index (χ0) is 23.8. The topological polar surface area (TPSA) is 71.4 Å². The fourth-order valence-electron chi connectivity index (χ4n) is 5.18. The fraction of sp³-hybridized carbons (Fsp3) is 0.464. The lowest BCUT2D eigenvalue weighted by atomic mass is 9.46. The first kappa shape index (κ1) is 23.9. The Bertz CT molecular complexity index is 1030. The van der Waals surface area contributed by atoms with Crippen LogP contribution in [-0.2, 0) is 14.4 Å². The average Bonchev–Trinajstić information content (AvgIpc) is 2.72. The number of hydrogen-bond donors (Lipinski definition) is 1. The van der Waals surface area contributed by atoms with Gasteiger partial charge in [-0.25, -0.2) is 0 Å². The molecule has 0 saturated heterocycles. The van der Waals surface area contributed by atoms with Crippen LogP contribution >= 0.6 is 0 Å². The molecule has 0 radical (unpaired) electrons. The Hall–Kier alpha value is -2.75. The fourth-order valence-corrected chi connectivity index (χ4v) is 5.18. The molecule has 2 saturated carbocycles. The molecule has 170 valence electrons. The van der Waals surface area contributed by atoms with Gasteiger partial charge in [0, 0.05) is 5.56 Å². The lowest BCUT2D eigenvalue weighted by Gasteiger charge is -2.53. The van der Waals surface area contributed by atoms with Gasteiger partial charge in [-0.1, -0.05) is 67.5 Å². The summed E-state index contributed by atoms with van der Waals surface area (Å²) in [6.45, 7) is 11.8. The van der Waals surface area contributed by atoms with E-state index in [0.29, 0.717) is 18.4 Å². The molecular weight excluding hydrogens is 400 g/mol. The summed E-state index contributed by atoms with van der Waals surface area (Å²) in [7, 11) is 0. The molecule has 3 rings (SSSR count). The number of Topliss-reactive ketones (excluding diaryl/α,β-unsaturated/α-hetero) is 3. The number of aliphatic hydroxyl groups excluding tert-OH is 1. The highest BCUT2D eigenvalue weighted by Crippen LogP contribution is 2.58. The van der Waals surface area contributed by atoms with Crippen LogP contribution in [0.15, 0.2) is 59.2 Å². The molecule has 3 atom stereocenters. The number of rotatable bonds is 5. The Balaban J connectivity index is 2.24. The maximum Gasteiger partial charge on any atom is 0.184 e. The van der Waals surface area contributed by atoms with Gasteiger partial charge in [-0.15, -0.1) is 0 Å². The molecule has 0 amide bonds. The van der Waals surface area contributed by atoms with Gasteiger partial charge in [0.1, 0.15) is 11.3 Å². The summed E-state index contributed by atoms with van der Waals surface area (Å²) in [4.78, 5) is 41.3. The third-order valence-electron chi connectivity index (χ3n) is 7.25. The lowest BCUT2D eigenvalue weighted by Crippen LogP contribution is -2.62. The van der Waals surface area contributed by atoms with Crippen LogP contribution in [0.25, 0.3) is 5.76 Å². The number of ketones is 3. The van der Waals surface area contributed by atoms with Gasteiger partial charge in [0.05, 0.1) is 11.3 Å². The standard InChI is InChI=1S/C28H34O4/c1-17(2)12-13-20-16-28(15-14-18(3)4)25(31)21(23(29)19-10-8-7-9-11-19)24(30)22(26(28)32)27(20,5)6/h7-12,14,20,22,29H,13,15-16H2,1-6H3/b23-21+/t20-,22+,28-/m0/s1. The largest absolute Gasteiger partial charge is 0.506 e. The van der Waals surface area contributed by atoms with E-state index in [1.807, 2.05) is 47.6 Å². The third-order valence-corrected chi connectivity index (χ3v) is 7.25. The zero-order valence-electron chi connectivity index (χ0n) is 20.0. The van der Waals surface area contributed by atoms with Crippen molar-refractivity contribution in [3.63, 3.8) is 0 Å². The molecule has 0 aliphatic heterocycles. The molecule has 1 aromatic rings. The second-order valence-corrected chi connectivity index (χ2v) is 10.4. The number of allylic oxidation sites excluding steroid dienone is 5. The van der Waals surface area contributed by atoms with E-state index >= 15 is 0 Å². The molecule has 4 nitrogen and oxygen atoms in total. The summed E-state index contributed by atoms with van der Waals surface area (Å²) in [5.41, 5.74) is 0.434. The molecule has 0 unspecified atom stereocenters. The van der Waals surface area contributed by atoms with Gasteiger partial charge in [0.2, 0.25) is 0 Å².